The van der Waals surface area contributed by atoms with Crippen molar-refractivity contribution >= 4 is 11.6 Å². The average molecular weight is 260 g/mol. The summed E-state index contributed by atoms with van der Waals surface area (Å²) in [4.78, 5) is 14.8. The zero-order chi connectivity index (χ0) is 14.3. The van der Waals surface area contributed by atoms with Crippen LogP contribution in [-0.4, -0.2) is 23.5 Å². The average Bonchev–Trinajstić information content (AvgIpc) is 2.34. The number of rotatable bonds is 1. The molecule has 104 valence electrons. The Morgan fingerprint density at radius 1 is 1.21 bits per heavy atom. The van der Waals surface area contributed by atoms with E-state index in [0.717, 1.165) is 18.7 Å². The van der Waals surface area contributed by atoms with Gasteiger partial charge in [0.05, 0.1) is 5.54 Å². The van der Waals surface area contributed by atoms with Crippen molar-refractivity contribution in [2.75, 3.05) is 11.4 Å². The zero-order valence-corrected chi connectivity index (χ0v) is 12.6. The molecule has 0 radical (unpaired) electrons. The molecule has 0 atom stereocenters. The summed E-state index contributed by atoms with van der Waals surface area (Å²) < 4.78 is 0. The van der Waals surface area contributed by atoms with Crippen molar-refractivity contribution in [1.82, 2.24) is 5.32 Å². The van der Waals surface area contributed by atoms with E-state index < -0.39 is 5.54 Å². The van der Waals surface area contributed by atoms with Crippen LogP contribution in [0.3, 0.4) is 0 Å². The fourth-order valence-electron chi connectivity index (χ4n) is 2.66. The van der Waals surface area contributed by atoms with Crippen molar-refractivity contribution in [2.45, 2.75) is 52.1 Å². The van der Waals surface area contributed by atoms with Gasteiger partial charge in [-0.05, 0) is 65.3 Å². The standard InChI is InChI=1S/C16H24N2O/c1-12-7-6-8-13(11-12)18-14(19)16(4,5)17-10-9-15(18,2)3/h6-8,11,17H,9-10H2,1-5H3. The number of amides is 1. The number of nitrogens with one attached hydrogen (secondary N) is 1. The number of nitrogens with zero attached hydrogens (tertiary/aromatic N) is 1. The number of hydrogen-bond donors (Lipinski definition) is 1. The molecule has 19 heavy (non-hydrogen) atoms. The number of carbonyl (C=O) groups excluding carboxylic acids is 1. The molecule has 1 fully saturated rings. The van der Waals surface area contributed by atoms with E-state index in [9.17, 15) is 4.79 Å². The fourth-order valence-corrected chi connectivity index (χ4v) is 2.66. The second-order valence-corrected chi connectivity index (χ2v) is 6.59. The number of carbonyl (C=O) groups is 1. The topological polar surface area (TPSA) is 32.3 Å². The van der Waals surface area contributed by atoms with Gasteiger partial charge in [-0.25, -0.2) is 0 Å². The predicted molar refractivity (Wildman–Crippen MR) is 79.4 cm³/mol. The summed E-state index contributed by atoms with van der Waals surface area (Å²) in [7, 11) is 0. The highest BCUT2D eigenvalue weighted by Crippen LogP contribution is 2.32. The van der Waals surface area contributed by atoms with Gasteiger partial charge in [-0.1, -0.05) is 12.1 Å². The minimum atomic E-state index is -0.516. The van der Waals surface area contributed by atoms with Crippen LogP contribution < -0.4 is 10.2 Å². The molecule has 1 saturated heterocycles. The summed E-state index contributed by atoms with van der Waals surface area (Å²) in [5, 5.41) is 3.35. The summed E-state index contributed by atoms with van der Waals surface area (Å²) in [6, 6.07) is 8.18. The molecule has 0 spiro atoms. The van der Waals surface area contributed by atoms with Gasteiger partial charge < -0.3 is 10.2 Å². The smallest absolute Gasteiger partial charge is 0.247 e. The maximum Gasteiger partial charge on any atom is 0.247 e. The van der Waals surface area contributed by atoms with Gasteiger partial charge >= 0.3 is 0 Å². The zero-order valence-electron chi connectivity index (χ0n) is 12.6. The summed E-state index contributed by atoms with van der Waals surface area (Å²) in [5.74, 6) is 0.139. The Kier molecular flexibility index (Phi) is 3.43. The van der Waals surface area contributed by atoms with Crippen LogP contribution in [0.25, 0.3) is 0 Å². The highest BCUT2D eigenvalue weighted by atomic mass is 16.2. The second-order valence-electron chi connectivity index (χ2n) is 6.59. The van der Waals surface area contributed by atoms with Crippen molar-refractivity contribution in [3.63, 3.8) is 0 Å². The van der Waals surface area contributed by atoms with Gasteiger partial charge in [0.1, 0.15) is 0 Å². The maximum atomic E-state index is 12.9. The molecule has 3 nitrogen and oxygen atoms in total. The van der Waals surface area contributed by atoms with Crippen molar-refractivity contribution in [3.05, 3.63) is 29.8 Å². The van der Waals surface area contributed by atoms with Gasteiger partial charge in [-0.2, -0.15) is 0 Å². The first-order chi connectivity index (χ1) is 8.74. The van der Waals surface area contributed by atoms with Gasteiger partial charge in [0, 0.05) is 11.2 Å². The molecule has 0 aromatic heterocycles. The molecule has 0 bridgehead atoms. The summed E-state index contributed by atoms with van der Waals surface area (Å²) in [5.41, 5.74) is 1.48. The first-order valence-electron chi connectivity index (χ1n) is 6.90. The molecule has 1 aliphatic heterocycles. The van der Waals surface area contributed by atoms with E-state index in [0.29, 0.717) is 0 Å². The van der Waals surface area contributed by atoms with Crippen LogP contribution in [0.4, 0.5) is 5.69 Å². The molecule has 3 heteroatoms. The minimum absolute atomic E-state index is 0.139. The van der Waals surface area contributed by atoms with Gasteiger partial charge in [-0.15, -0.1) is 0 Å². The minimum Gasteiger partial charge on any atom is -0.305 e. The van der Waals surface area contributed by atoms with E-state index in [1.165, 1.54) is 5.56 Å². The largest absolute Gasteiger partial charge is 0.305 e. The number of benzene rings is 1. The Balaban J connectivity index is 2.51. The highest BCUT2D eigenvalue weighted by molar-refractivity contribution is 6.01. The van der Waals surface area contributed by atoms with E-state index in [2.05, 4.69) is 38.2 Å². The maximum absolute atomic E-state index is 12.9. The van der Waals surface area contributed by atoms with Crippen LogP contribution in [0.1, 0.15) is 39.7 Å². The number of anilines is 1. The van der Waals surface area contributed by atoms with Gasteiger partial charge in [0.15, 0.2) is 0 Å². The third kappa shape index (κ3) is 2.66. The Morgan fingerprint density at radius 2 is 1.89 bits per heavy atom. The summed E-state index contributed by atoms with van der Waals surface area (Å²) in [6.07, 6.45) is 0.941. The van der Waals surface area contributed by atoms with Crippen LogP contribution >= 0.6 is 0 Å². The van der Waals surface area contributed by atoms with Crippen LogP contribution in [0.5, 0.6) is 0 Å². The Hall–Kier alpha value is -1.35. The van der Waals surface area contributed by atoms with E-state index in [1.807, 2.05) is 30.9 Å². The van der Waals surface area contributed by atoms with Crippen molar-refractivity contribution in [2.24, 2.45) is 0 Å². The Morgan fingerprint density at radius 3 is 2.53 bits per heavy atom. The molecule has 1 N–H and O–H groups in total. The number of hydrogen-bond acceptors (Lipinski definition) is 2. The lowest BCUT2D eigenvalue weighted by atomic mass is 9.95. The molecule has 0 aliphatic carbocycles. The lowest BCUT2D eigenvalue weighted by molar-refractivity contribution is -0.124. The first-order valence-corrected chi connectivity index (χ1v) is 6.90. The van der Waals surface area contributed by atoms with E-state index in [1.54, 1.807) is 0 Å². The third-order valence-electron chi connectivity index (χ3n) is 3.91. The lowest BCUT2D eigenvalue weighted by Gasteiger charge is -2.39. The molecule has 1 aliphatic rings. The van der Waals surface area contributed by atoms with Crippen LogP contribution in [-0.2, 0) is 4.79 Å². The Bertz CT molecular complexity index is 491. The number of aryl methyl sites for hydroxylation is 1. The monoisotopic (exact) mass is 260 g/mol. The van der Waals surface area contributed by atoms with E-state index in [4.69, 9.17) is 0 Å². The molecular formula is C16H24N2O. The highest BCUT2D eigenvalue weighted by Gasteiger charge is 2.42. The van der Waals surface area contributed by atoms with Crippen molar-refractivity contribution in [1.29, 1.82) is 0 Å². The quantitative estimate of drug-likeness (QED) is 0.842. The molecule has 1 aromatic rings. The van der Waals surface area contributed by atoms with E-state index >= 15 is 0 Å². The molecule has 0 saturated carbocycles. The molecule has 1 aromatic carbocycles. The summed E-state index contributed by atoms with van der Waals surface area (Å²) >= 11 is 0. The summed E-state index contributed by atoms with van der Waals surface area (Å²) in [6.45, 7) is 11.1. The Labute approximate surface area is 116 Å². The van der Waals surface area contributed by atoms with Crippen molar-refractivity contribution < 1.29 is 4.79 Å². The van der Waals surface area contributed by atoms with Crippen LogP contribution in [0, 0.1) is 6.92 Å². The van der Waals surface area contributed by atoms with E-state index in [-0.39, 0.29) is 11.4 Å². The van der Waals surface area contributed by atoms with Gasteiger partial charge in [0.25, 0.3) is 0 Å². The lowest BCUT2D eigenvalue weighted by Crippen LogP contribution is -2.56. The molecule has 1 heterocycles. The molecule has 0 unspecified atom stereocenters. The molecule has 1 amide bonds. The SMILES string of the molecule is Cc1cccc(N2C(=O)C(C)(C)NCCC2(C)C)c1. The van der Waals surface area contributed by atoms with Crippen LogP contribution in [0.2, 0.25) is 0 Å². The van der Waals surface area contributed by atoms with Gasteiger partial charge in [-0.3, -0.25) is 4.79 Å². The third-order valence-corrected chi connectivity index (χ3v) is 3.91. The predicted octanol–water partition coefficient (Wildman–Crippen LogP) is 2.88. The fraction of sp³-hybridized carbons (Fsp3) is 0.562. The molecule has 2 rings (SSSR count). The van der Waals surface area contributed by atoms with Crippen LogP contribution in [0.15, 0.2) is 24.3 Å². The second kappa shape index (κ2) is 4.64. The normalized spacial score (nSPS) is 22.2. The first kappa shape index (κ1) is 14.1. The van der Waals surface area contributed by atoms with Crippen molar-refractivity contribution in [3.8, 4) is 0 Å². The molecular weight excluding hydrogens is 236 g/mol. The van der Waals surface area contributed by atoms with Gasteiger partial charge in [0.2, 0.25) is 5.91 Å².